The van der Waals surface area contributed by atoms with Gasteiger partial charge in [-0.05, 0) is 43.4 Å². The van der Waals surface area contributed by atoms with Crippen LogP contribution in [0, 0.1) is 0 Å². The summed E-state index contributed by atoms with van der Waals surface area (Å²) in [7, 11) is 3.84. The van der Waals surface area contributed by atoms with Gasteiger partial charge >= 0.3 is 0 Å². The summed E-state index contributed by atoms with van der Waals surface area (Å²) in [6, 6.07) is 14.6. The van der Waals surface area contributed by atoms with Crippen LogP contribution in [0.3, 0.4) is 0 Å². The van der Waals surface area contributed by atoms with Crippen molar-refractivity contribution in [1.29, 1.82) is 0 Å². The van der Waals surface area contributed by atoms with Gasteiger partial charge in [0.1, 0.15) is 11.4 Å². The number of aliphatic hydroxyl groups is 1. The lowest BCUT2D eigenvalue weighted by Gasteiger charge is -2.19. The molecule has 0 bridgehead atoms. The van der Waals surface area contributed by atoms with Gasteiger partial charge in [-0.15, -0.1) is 0 Å². The number of amides is 1. The number of hydrogen-bond acceptors (Lipinski definition) is 10. The molecule has 0 aliphatic carbocycles. The summed E-state index contributed by atoms with van der Waals surface area (Å²) >= 11 is 0. The minimum absolute atomic E-state index is 0.0761. The number of nitrogens with zero attached hydrogens (tertiary/aromatic N) is 5. The smallest absolute Gasteiger partial charge is 0.263 e. The Hall–Kier alpha value is -4.35. The molecule has 0 radical (unpaired) electrons. The third-order valence-corrected chi connectivity index (χ3v) is 5.69. The van der Waals surface area contributed by atoms with Gasteiger partial charge in [-0.1, -0.05) is 35.5 Å². The first kappa shape index (κ1) is 23.4. The average molecular weight is 487 g/mol. The summed E-state index contributed by atoms with van der Waals surface area (Å²) in [5.41, 5.74) is 3.73. The van der Waals surface area contributed by atoms with Crippen LogP contribution in [0.15, 0.2) is 59.3 Å². The Labute approximate surface area is 207 Å². The van der Waals surface area contributed by atoms with Gasteiger partial charge in [0.25, 0.3) is 11.8 Å². The Morgan fingerprint density at radius 2 is 1.97 bits per heavy atom. The number of anilines is 3. The Kier molecular flexibility index (Phi) is 6.56. The van der Waals surface area contributed by atoms with Crippen molar-refractivity contribution in [3.05, 3.63) is 77.2 Å². The number of hydrogen-bond donors (Lipinski definition) is 4. The van der Waals surface area contributed by atoms with Crippen LogP contribution >= 0.6 is 0 Å². The van der Waals surface area contributed by atoms with Gasteiger partial charge in [-0.2, -0.15) is 9.97 Å². The third kappa shape index (κ3) is 5.02. The maximum Gasteiger partial charge on any atom is 0.263 e. The molecule has 1 amide bonds. The molecule has 11 heteroatoms. The lowest BCUT2D eigenvalue weighted by molar-refractivity contribution is 0.0965. The van der Waals surface area contributed by atoms with Crippen LogP contribution in [-0.4, -0.2) is 56.7 Å². The first-order valence-electron chi connectivity index (χ1n) is 11.5. The van der Waals surface area contributed by atoms with E-state index in [0.717, 1.165) is 16.8 Å². The zero-order valence-corrected chi connectivity index (χ0v) is 19.9. The lowest BCUT2D eigenvalue weighted by atomic mass is 10.1. The maximum absolute atomic E-state index is 11.9. The quantitative estimate of drug-likeness (QED) is 0.279. The number of carbonyl (C=O) groups is 1. The molecule has 1 aliphatic heterocycles. The molecule has 3 heterocycles. The van der Waals surface area contributed by atoms with Gasteiger partial charge in [-0.3, -0.25) is 4.79 Å². The van der Waals surface area contributed by atoms with Crippen LogP contribution in [-0.2, 0) is 13.1 Å². The average Bonchev–Trinajstić information content (AvgIpc) is 3.49. The molecule has 5 rings (SSSR count). The standard InChI is InChI=1S/C25H26N8O3/c1-33(2)13-21-30-24(36-32-21)19-12-27-25(28-17-8-9-18-16(10-17)11-26-23(18)35)31-22(19)29-20(14-34)15-6-4-3-5-7-15/h3-10,12,20,34H,11,13-14H2,1-2H3,(H,26,35)(H2,27,28,29,31)/t20-/m1/s1. The van der Waals surface area contributed by atoms with Crippen LogP contribution in [0.1, 0.15) is 33.4 Å². The molecular weight excluding hydrogens is 460 g/mol. The van der Waals surface area contributed by atoms with E-state index in [9.17, 15) is 9.90 Å². The second-order valence-electron chi connectivity index (χ2n) is 8.68. The summed E-state index contributed by atoms with van der Waals surface area (Å²) in [6.45, 7) is 0.849. The maximum atomic E-state index is 11.9. The van der Waals surface area contributed by atoms with E-state index in [1.54, 1.807) is 18.3 Å². The molecule has 0 fully saturated rings. The van der Waals surface area contributed by atoms with Crippen LogP contribution < -0.4 is 16.0 Å². The number of aromatic nitrogens is 4. The van der Waals surface area contributed by atoms with Crippen molar-refractivity contribution in [3.63, 3.8) is 0 Å². The molecule has 1 atom stereocenters. The highest BCUT2D eigenvalue weighted by molar-refractivity contribution is 5.98. The SMILES string of the molecule is CN(C)Cc1noc(-c2cnc(Nc3ccc4c(c3)CNC4=O)nc2N[C@H](CO)c2ccccc2)n1. The second kappa shape index (κ2) is 10.1. The van der Waals surface area contributed by atoms with Crippen LogP contribution in [0.25, 0.3) is 11.5 Å². The molecule has 4 N–H and O–H groups in total. The van der Waals surface area contributed by atoms with Gasteiger partial charge in [0.2, 0.25) is 5.95 Å². The molecule has 11 nitrogen and oxygen atoms in total. The molecule has 0 saturated heterocycles. The molecule has 184 valence electrons. The molecule has 36 heavy (non-hydrogen) atoms. The first-order valence-corrected chi connectivity index (χ1v) is 11.5. The largest absolute Gasteiger partial charge is 0.394 e. The van der Waals surface area contributed by atoms with Crippen molar-refractivity contribution >= 4 is 23.4 Å². The molecule has 0 unspecified atom stereocenters. The summed E-state index contributed by atoms with van der Waals surface area (Å²) < 4.78 is 5.50. The normalized spacial score (nSPS) is 13.4. The van der Waals surface area contributed by atoms with E-state index >= 15 is 0 Å². The van der Waals surface area contributed by atoms with Crippen LogP contribution in [0.5, 0.6) is 0 Å². The fourth-order valence-electron chi connectivity index (χ4n) is 3.94. The predicted molar refractivity (Wildman–Crippen MR) is 134 cm³/mol. The van der Waals surface area contributed by atoms with Crippen molar-refractivity contribution in [2.45, 2.75) is 19.1 Å². The number of carbonyl (C=O) groups excluding carboxylic acids is 1. The summed E-state index contributed by atoms with van der Waals surface area (Å²) in [4.78, 5) is 27.4. The van der Waals surface area contributed by atoms with E-state index in [4.69, 9.17) is 4.52 Å². The third-order valence-electron chi connectivity index (χ3n) is 5.69. The predicted octanol–water partition coefficient (Wildman–Crippen LogP) is 2.72. The van der Waals surface area contributed by atoms with E-state index in [2.05, 4.69) is 36.1 Å². The van der Waals surface area contributed by atoms with Gasteiger partial charge in [0, 0.05) is 24.0 Å². The molecule has 0 saturated carbocycles. The first-order chi connectivity index (χ1) is 17.5. The van der Waals surface area contributed by atoms with E-state index < -0.39 is 6.04 Å². The van der Waals surface area contributed by atoms with Gasteiger partial charge < -0.3 is 30.5 Å². The zero-order chi connectivity index (χ0) is 25.1. The summed E-state index contributed by atoms with van der Waals surface area (Å²) in [5, 5.41) is 23.5. The van der Waals surface area contributed by atoms with Gasteiger partial charge in [-0.25, -0.2) is 4.98 Å². The number of nitrogens with one attached hydrogen (secondary N) is 3. The fourth-order valence-corrected chi connectivity index (χ4v) is 3.94. The molecule has 1 aliphatic rings. The number of aliphatic hydroxyl groups excluding tert-OH is 1. The number of rotatable bonds is 9. The summed E-state index contributed by atoms with van der Waals surface area (Å²) in [5.74, 6) is 1.48. The van der Waals surface area contributed by atoms with Crippen LogP contribution in [0.4, 0.5) is 17.5 Å². The molecule has 2 aromatic heterocycles. The van der Waals surface area contributed by atoms with E-state index in [-0.39, 0.29) is 18.4 Å². The minimum Gasteiger partial charge on any atom is -0.394 e. The van der Waals surface area contributed by atoms with E-state index in [1.165, 1.54) is 0 Å². The van der Waals surface area contributed by atoms with Crippen molar-refractivity contribution in [1.82, 2.24) is 30.3 Å². The van der Waals surface area contributed by atoms with Crippen LogP contribution in [0.2, 0.25) is 0 Å². The second-order valence-corrected chi connectivity index (χ2v) is 8.68. The Balaban J connectivity index is 1.48. The van der Waals surface area contributed by atoms with Crippen molar-refractivity contribution < 1.29 is 14.4 Å². The summed E-state index contributed by atoms with van der Waals surface area (Å²) in [6.07, 6.45) is 1.60. The zero-order valence-electron chi connectivity index (χ0n) is 19.9. The van der Waals surface area contributed by atoms with Gasteiger partial charge in [0.05, 0.1) is 19.2 Å². The Bertz CT molecular complexity index is 1370. The van der Waals surface area contributed by atoms with Crippen molar-refractivity contribution in [2.24, 2.45) is 0 Å². The molecule has 0 spiro atoms. The lowest BCUT2D eigenvalue weighted by Crippen LogP contribution is -2.17. The molecule has 2 aromatic carbocycles. The van der Waals surface area contributed by atoms with E-state index in [0.29, 0.717) is 41.8 Å². The highest BCUT2D eigenvalue weighted by atomic mass is 16.5. The van der Waals surface area contributed by atoms with Gasteiger partial charge in [0.15, 0.2) is 5.82 Å². The monoisotopic (exact) mass is 486 g/mol. The van der Waals surface area contributed by atoms with Crippen molar-refractivity contribution in [3.8, 4) is 11.5 Å². The Morgan fingerprint density at radius 1 is 1.14 bits per heavy atom. The molecule has 4 aromatic rings. The highest BCUT2D eigenvalue weighted by Gasteiger charge is 2.21. The molecular formula is C25H26N8O3. The highest BCUT2D eigenvalue weighted by Crippen LogP contribution is 2.30. The minimum atomic E-state index is -0.422. The van der Waals surface area contributed by atoms with Crippen molar-refractivity contribution in [2.75, 3.05) is 31.3 Å². The van der Waals surface area contributed by atoms with E-state index in [1.807, 2.05) is 55.4 Å². The topological polar surface area (TPSA) is 141 Å². The Morgan fingerprint density at radius 3 is 2.75 bits per heavy atom. The fraction of sp³-hybridized carbons (Fsp3) is 0.240. The number of benzene rings is 2. The number of fused-ring (bicyclic) bond motifs is 1.